The van der Waals surface area contributed by atoms with Gasteiger partial charge in [0.15, 0.2) is 0 Å². The SMILES string of the molecule is Cc1cccc(C(=O)NCC(=O)N2CCN(c3ccccc3Cl)CC2)c1. The summed E-state index contributed by atoms with van der Waals surface area (Å²) in [7, 11) is 0. The number of nitrogens with zero attached hydrogens (tertiary/aromatic N) is 2. The number of carbonyl (C=O) groups excluding carboxylic acids is 2. The summed E-state index contributed by atoms with van der Waals surface area (Å²) in [5.74, 6) is -0.290. The summed E-state index contributed by atoms with van der Waals surface area (Å²) >= 11 is 6.24. The number of para-hydroxylation sites is 1. The molecule has 1 aliphatic rings. The third-order valence-electron chi connectivity index (χ3n) is 4.51. The fraction of sp³-hybridized carbons (Fsp3) is 0.300. The number of benzene rings is 2. The van der Waals surface area contributed by atoms with Crippen molar-refractivity contribution in [1.82, 2.24) is 10.2 Å². The Bertz CT molecular complexity index is 801. The van der Waals surface area contributed by atoms with Gasteiger partial charge in [0, 0.05) is 31.7 Å². The molecule has 0 aromatic heterocycles. The lowest BCUT2D eigenvalue weighted by Gasteiger charge is -2.36. The molecular weight excluding hydrogens is 350 g/mol. The highest BCUT2D eigenvalue weighted by Crippen LogP contribution is 2.25. The number of rotatable bonds is 4. The largest absolute Gasteiger partial charge is 0.367 e. The molecule has 1 heterocycles. The Morgan fingerprint density at radius 1 is 1.04 bits per heavy atom. The molecule has 5 nitrogen and oxygen atoms in total. The van der Waals surface area contributed by atoms with E-state index in [0.29, 0.717) is 18.7 Å². The highest BCUT2D eigenvalue weighted by Gasteiger charge is 2.22. The predicted molar refractivity (Wildman–Crippen MR) is 104 cm³/mol. The Hall–Kier alpha value is -2.53. The summed E-state index contributed by atoms with van der Waals surface area (Å²) in [6.07, 6.45) is 0. The molecule has 0 atom stereocenters. The molecule has 0 aliphatic carbocycles. The molecular formula is C20H22ClN3O2. The Labute approximate surface area is 158 Å². The normalized spacial score (nSPS) is 14.2. The quantitative estimate of drug-likeness (QED) is 0.899. The average Bonchev–Trinajstić information content (AvgIpc) is 2.66. The summed E-state index contributed by atoms with van der Waals surface area (Å²) in [5.41, 5.74) is 2.58. The molecule has 1 aliphatic heterocycles. The van der Waals surface area contributed by atoms with E-state index in [1.165, 1.54) is 0 Å². The fourth-order valence-corrected chi connectivity index (χ4v) is 3.32. The molecule has 1 N–H and O–H groups in total. The Balaban J connectivity index is 1.49. The molecule has 1 saturated heterocycles. The molecule has 6 heteroatoms. The second-order valence-corrected chi connectivity index (χ2v) is 6.78. The van der Waals surface area contributed by atoms with Gasteiger partial charge in [-0.3, -0.25) is 9.59 Å². The van der Waals surface area contributed by atoms with Gasteiger partial charge >= 0.3 is 0 Å². The van der Waals surface area contributed by atoms with Crippen LogP contribution in [-0.4, -0.2) is 49.4 Å². The highest BCUT2D eigenvalue weighted by atomic mass is 35.5. The van der Waals surface area contributed by atoms with Gasteiger partial charge in [0.1, 0.15) is 0 Å². The topological polar surface area (TPSA) is 52.7 Å². The summed E-state index contributed by atoms with van der Waals surface area (Å²) in [5, 5.41) is 3.43. The molecule has 3 rings (SSSR count). The monoisotopic (exact) mass is 371 g/mol. The van der Waals surface area contributed by atoms with Gasteiger partial charge in [-0.25, -0.2) is 0 Å². The van der Waals surface area contributed by atoms with Crippen molar-refractivity contribution in [3.63, 3.8) is 0 Å². The number of hydrogen-bond acceptors (Lipinski definition) is 3. The first kappa shape index (κ1) is 18.3. The molecule has 0 radical (unpaired) electrons. The van der Waals surface area contributed by atoms with E-state index in [-0.39, 0.29) is 18.4 Å². The number of halogens is 1. The van der Waals surface area contributed by atoms with E-state index >= 15 is 0 Å². The number of anilines is 1. The molecule has 0 unspecified atom stereocenters. The second-order valence-electron chi connectivity index (χ2n) is 6.37. The number of nitrogens with one attached hydrogen (secondary N) is 1. The molecule has 0 saturated carbocycles. The lowest BCUT2D eigenvalue weighted by atomic mass is 10.1. The molecule has 26 heavy (non-hydrogen) atoms. The van der Waals surface area contributed by atoms with Gasteiger partial charge in [-0.2, -0.15) is 0 Å². The Morgan fingerprint density at radius 3 is 2.46 bits per heavy atom. The van der Waals surface area contributed by atoms with E-state index in [4.69, 9.17) is 11.6 Å². The smallest absolute Gasteiger partial charge is 0.251 e. The third-order valence-corrected chi connectivity index (χ3v) is 4.83. The molecule has 0 spiro atoms. The van der Waals surface area contributed by atoms with Gasteiger partial charge in [0.25, 0.3) is 5.91 Å². The zero-order valence-corrected chi connectivity index (χ0v) is 15.5. The van der Waals surface area contributed by atoms with Crippen molar-refractivity contribution in [1.29, 1.82) is 0 Å². The van der Waals surface area contributed by atoms with Crippen LogP contribution in [0.15, 0.2) is 48.5 Å². The highest BCUT2D eigenvalue weighted by molar-refractivity contribution is 6.33. The van der Waals surface area contributed by atoms with E-state index in [0.717, 1.165) is 29.4 Å². The number of aryl methyl sites for hydroxylation is 1. The van der Waals surface area contributed by atoms with Crippen molar-refractivity contribution in [3.8, 4) is 0 Å². The van der Waals surface area contributed by atoms with Crippen molar-refractivity contribution < 1.29 is 9.59 Å². The maximum atomic E-state index is 12.4. The lowest BCUT2D eigenvalue weighted by Crippen LogP contribution is -2.51. The van der Waals surface area contributed by atoms with Gasteiger partial charge in [-0.15, -0.1) is 0 Å². The first-order valence-corrected chi connectivity index (χ1v) is 9.04. The maximum absolute atomic E-state index is 12.4. The van der Waals surface area contributed by atoms with Crippen LogP contribution in [0.25, 0.3) is 0 Å². The Kier molecular flexibility index (Phi) is 5.78. The summed E-state index contributed by atoms with van der Waals surface area (Å²) in [4.78, 5) is 28.5. The second kappa shape index (κ2) is 8.23. The van der Waals surface area contributed by atoms with Gasteiger partial charge in [0.05, 0.1) is 17.3 Å². The Morgan fingerprint density at radius 2 is 1.77 bits per heavy atom. The van der Waals surface area contributed by atoms with Crippen molar-refractivity contribution in [2.24, 2.45) is 0 Å². The molecule has 2 aromatic rings. The van der Waals surface area contributed by atoms with Gasteiger partial charge < -0.3 is 15.1 Å². The van der Waals surface area contributed by atoms with Crippen LogP contribution < -0.4 is 10.2 Å². The summed E-state index contributed by atoms with van der Waals surface area (Å²) in [6.45, 7) is 4.62. The predicted octanol–water partition coefficient (Wildman–Crippen LogP) is 2.73. The van der Waals surface area contributed by atoms with Crippen LogP contribution in [0.1, 0.15) is 15.9 Å². The van der Waals surface area contributed by atoms with Crippen LogP contribution in [0.3, 0.4) is 0 Å². The van der Waals surface area contributed by atoms with E-state index in [9.17, 15) is 9.59 Å². The molecule has 2 amide bonds. The summed E-state index contributed by atoms with van der Waals surface area (Å²) < 4.78 is 0. The van der Waals surface area contributed by atoms with Gasteiger partial charge in [0.2, 0.25) is 5.91 Å². The minimum Gasteiger partial charge on any atom is -0.367 e. The van der Waals surface area contributed by atoms with Crippen molar-refractivity contribution in [3.05, 3.63) is 64.7 Å². The average molecular weight is 372 g/mol. The summed E-state index contributed by atoms with van der Waals surface area (Å²) in [6, 6.07) is 15.0. The minimum absolute atomic E-state index is 0.0128. The zero-order valence-electron chi connectivity index (χ0n) is 14.7. The van der Waals surface area contributed by atoms with E-state index in [1.54, 1.807) is 11.0 Å². The van der Waals surface area contributed by atoms with Crippen LogP contribution >= 0.6 is 11.6 Å². The van der Waals surface area contributed by atoms with Crippen LogP contribution in [0.4, 0.5) is 5.69 Å². The standard InChI is InChI=1S/C20H22ClN3O2/c1-15-5-4-6-16(13-15)20(26)22-14-19(25)24-11-9-23(10-12-24)18-8-3-2-7-17(18)21/h2-8,13H,9-12,14H2,1H3,(H,22,26). The molecule has 1 fully saturated rings. The lowest BCUT2D eigenvalue weighted by molar-refractivity contribution is -0.130. The number of piperazine rings is 1. The number of amides is 2. The van der Waals surface area contributed by atoms with Crippen molar-refractivity contribution in [2.75, 3.05) is 37.6 Å². The first-order chi connectivity index (χ1) is 12.5. The van der Waals surface area contributed by atoms with Crippen LogP contribution in [0.5, 0.6) is 0 Å². The van der Waals surface area contributed by atoms with Crippen LogP contribution in [0, 0.1) is 6.92 Å². The fourth-order valence-electron chi connectivity index (χ4n) is 3.06. The van der Waals surface area contributed by atoms with E-state index < -0.39 is 0 Å². The van der Waals surface area contributed by atoms with Crippen LogP contribution in [-0.2, 0) is 4.79 Å². The zero-order chi connectivity index (χ0) is 18.5. The van der Waals surface area contributed by atoms with Gasteiger partial charge in [-0.1, -0.05) is 41.4 Å². The molecule has 2 aromatic carbocycles. The van der Waals surface area contributed by atoms with E-state index in [2.05, 4.69) is 10.2 Å². The maximum Gasteiger partial charge on any atom is 0.251 e. The van der Waals surface area contributed by atoms with Gasteiger partial charge in [-0.05, 0) is 31.2 Å². The number of hydrogen-bond donors (Lipinski definition) is 1. The molecule has 0 bridgehead atoms. The third kappa shape index (κ3) is 4.35. The number of carbonyl (C=O) groups is 2. The van der Waals surface area contributed by atoms with Crippen molar-refractivity contribution in [2.45, 2.75) is 6.92 Å². The first-order valence-electron chi connectivity index (χ1n) is 8.67. The van der Waals surface area contributed by atoms with Crippen molar-refractivity contribution >= 4 is 29.1 Å². The minimum atomic E-state index is -0.225. The van der Waals surface area contributed by atoms with Crippen LogP contribution in [0.2, 0.25) is 5.02 Å². The van der Waals surface area contributed by atoms with E-state index in [1.807, 2.05) is 49.4 Å². The molecule has 136 valence electrons.